The number of ether oxygens (including phenoxy) is 1. The van der Waals surface area contributed by atoms with Gasteiger partial charge in [-0.05, 0) is 18.1 Å². The minimum absolute atomic E-state index is 0.171. The lowest BCUT2D eigenvalue weighted by molar-refractivity contribution is -0.232. The molecule has 0 radical (unpaired) electrons. The summed E-state index contributed by atoms with van der Waals surface area (Å²) in [4.78, 5) is 3.16. The van der Waals surface area contributed by atoms with Gasteiger partial charge in [-0.2, -0.15) is 0 Å². The molecular formula is C17H24N4O5. The third-order valence-electron chi connectivity index (χ3n) is 4.85. The zero-order chi connectivity index (χ0) is 19.0. The number of rotatable bonds is 5. The molecule has 1 aliphatic rings. The van der Waals surface area contributed by atoms with Crippen LogP contribution in [0.3, 0.4) is 0 Å². The number of para-hydroxylation sites is 1. The van der Waals surface area contributed by atoms with Crippen LogP contribution in [0.15, 0.2) is 24.3 Å². The van der Waals surface area contributed by atoms with Gasteiger partial charge in [0.1, 0.15) is 36.4 Å². The van der Waals surface area contributed by atoms with Crippen molar-refractivity contribution in [1.82, 2.24) is 4.98 Å². The Bertz CT molecular complexity index is 793. The summed E-state index contributed by atoms with van der Waals surface area (Å²) in [5, 5.41) is 48.3. The van der Waals surface area contributed by atoms with Gasteiger partial charge >= 0.3 is 0 Å². The molecule has 2 heterocycles. The summed E-state index contributed by atoms with van der Waals surface area (Å²) in [5.74, 6) is -0.171. The Hall–Kier alpha value is -2.01. The molecule has 3 rings (SSSR count). The number of H-pyrrole nitrogens is 1. The molecule has 0 unspecified atom stereocenters. The van der Waals surface area contributed by atoms with Crippen molar-refractivity contribution >= 4 is 16.7 Å². The van der Waals surface area contributed by atoms with Gasteiger partial charge in [0.2, 0.25) is 0 Å². The maximum Gasteiger partial charge on any atom is 0.127 e. The Labute approximate surface area is 149 Å². The van der Waals surface area contributed by atoms with E-state index < -0.39 is 43.2 Å². The third kappa shape index (κ3) is 3.20. The molecule has 1 aliphatic heterocycles. The number of fused-ring (bicyclic) bond motifs is 1. The van der Waals surface area contributed by atoms with Crippen molar-refractivity contribution in [2.45, 2.75) is 43.0 Å². The number of aliphatic hydroxyl groups is 4. The largest absolute Gasteiger partial charge is 0.394 e. The van der Waals surface area contributed by atoms with Crippen LogP contribution in [-0.2, 0) is 11.2 Å². The Kier molecular flexibility index (Phi) is 5.28. The molecule has 0 amide bonds. The van der Waals surface area contributed by atoms with Gasteiger partial charge in [0, 0.05) is 10.9 Å². The average molecular weight is 364 g/mol. The van der Waals surface area contributed by atoms with Crippen LogP contribution in [0.25, 0.3) is 10.9 Å². The summed E-state index contributed by atoms with van der Waals surface area (Å²) in [6, 6.07) is 6.66. The van der Waals surface area contributed by atoms with Gasteiger partial charge in [0.25, 0.3) is 0 Å². The number of hydrogen-bond acceptors (Lipinski definition) is 7. The first kappa shape index (κ1) is 18.8. The summed E-state index contributed by atoms with van der Waals surface area (Å²) in [6.07, 6.45) is -6.12. The molecule has 1 saturated heterocycles. The Balaban J connectivity index is 2.07. The molecule has 1 fully saturated rings. The van der Waals surface area contributed by atoms with Crippen molar-refractivity contribution in [2.24, 2.45) is 11.5 Å². The number of benzene rings is 1. The number of hydrogen-bond donors (Lipinski definition) is 8. The highest BCUT2D eigenvalue weighted by Crippen LogP contribution is 2.36. The lowest BCUT2D eigenvalue weighted by Gasteiger charge is -2.40. The monoisotopic (exact) mass is 364 g/mol. The fourth-order valence-corrected chi connectivity index (χ4v) is 3.35. The van der Waals surface area contributed by atoms with Crippen molar-refractivity contribution in [3.63, 3.8) is 0 Å². The molecular weight excluding hydrogens is 340 g/mol. The van der Waals surface area contributed by atoms with Gasteiger partial charge in [0.15, 0.2) is 0 Å². The maximum absolute atomic E-state index is 10.4. The van der Waals surface area contributed by atoms with Crippen LogP contribution < -0.4 is 11.5 Å². The maximum atomic E-state index is 10.4. The van der Waals surface area contributed by atoms with Crippen molar-refractivity contribution in [1.29, 1.82) is 5.41 Å². The van der Waals surface area contributed by atoms with E-state index >= 15 is 0 Å². The van der Waals surface area contributed by atoms with E-state index in [1.54, 1.807) is 0 Å². The molecule has 9 nitrogen and oxygen atoms in total. The molecule has 6 atom stereocenters. The fourth-order valence-electron chi connectivity index (χ4n) is 3.35. The Morgan fingerprint density at radius 2 is 1.88 bits per heavy atom. The zero-order valence-corrected chi connectivity index (χ0v) is 14.0. The summed E-state index contributed by atoms with van der Waals surface area (Å²) >= 11 is 0. The standard InChI is InChI=1S/C17H24N4O5/c18-9(17(19)20)5-8-7-3-1-2-4-10(7)21-12(8)16-15(25)14(24)13(23)11(6-22)26-16/h1-4,9,11,13-16,21-25H,5-6,18H2,(H3,19,20)/t9-,11+,13+,14-,15-,16+/m0/s1. The van der Waals surface area contributed by atoms with E-state index in [2.05, 4.69) is 4.98 Å². The number of aromatic amines is 1. The van der Waals surface area contributed by atoms with E-state index in [4.69, 9.17) is 21.6 Å². The average Bonchev–Trinajstić information content (AvgIpc) is 2.98. The number of amidine groups is 1. The second-order valence-corrected chi connectivity index (χ2v) is 6.58. The molecule has 1 aromatic carbocycles. The fraction of sp³-hybridized carbons (Fsp3) is 0.471. The Morgan fingerprint density at radius 1 is 1.19 bits per heavy atom. The van der Waals surface area contributed by atoms with Crippen LogP contribution in [0.1, 0.15) is 17.4 Å². The van der Waals surface area contributed by atoms with Gasteiger partial charge < -0.3 is 41.6 Å². The molecule has 26 heavy (non-hydrogen) atoms. The number of nitrogens with two attached hydrogens (primary N) is 2. The molecule has 142 valence electrons. The van der Waals surface area contributed by atoms with Gasteiger partial charge in [-0.3, -0.25) is 5.41 Å². The normalized spacial score (nSPS) is 30.4. The van der Waals surface area contributed by atoms with Crippen molar-refractivity contribution < 1.29 is 25.2 Å². The van der Waals surface area contributed by atoms with E-state index in [0.717, 1.165) is 10.9 Å². The van der Waals surface area contributed by atoms with E-state index in [-0.39, 0.29) is 12.3 Å². The minimum Gasteiger partial charge on any atom is -0.394 e. The van der Waals surface area contributed by atoms with Gasteiger partial charge in [-0.15, -0.1) is 0 Å². The molecule has 10 N–H and O–H groups in total. The Morgan fingerprint density at radius 3 is 2.54 bits per heavy atom. The highest BCUT2D eigenvalue weighted by molar-refractivity contribution is 5.87. The molecule has 1 aromatic heterocycles. The van der Waals surface area contributed by atoms with Crippen molar-refractivity contribution in [3.8, 4) is 0 Å². The topological polar surface area (TPSA) is 182 Å². The number of aromatic nitrogens is 1. The molecule has 9 heteroatoms. The van der Waals surface area contributed by atoms with E-state index in [9.17, 15) is 20.4 Å². The first-order valence-corrected chi connectivity index (χ1v) is 8.34. The first-order chi connectivity index (χ1) is 12.3. The predicted octanol–water partition coefficient (Wildman–Crippen LogP) is -1.51. The van der Waals surface area contributed by atoms with E-state index in [1.165, 1.54) is 0 Å². The highest BCUT2D eigenvalue weighted by Gasteiger charge is 2.45. The van der Waals surface area contributed by atoms with Gasteiger partial charge in [-0.25, -0.2) is 0 Å². The van der Waals surface area contributed by atoms with Crippen LogP contribution in [-0.4, -0.2) is 68.3 Å². The van der Waals surface area contributed by atoms with Crippen molar-refractivity contribution in [3.05, 3.63) is 35.5 Å². The van der Waals surface area contributed by atoms with Crippen LogP contribution in [0, 0.1) is 5.41 Å². The van der Waals surface area contributed by atoms with Gasteiger partial charge in [0.05, 0.1) is 18.3 Å². The van der Waals surface area contributed by atoms with E-state index in [0.29, 0.717) is 11.3 Å². The summed E-state index contributed by atoms with van der Waals surface area (Å²) in [5.41, 5.74) is 13.4. The second-order valence-electron chi connectivity index (χ2n) is 6.58. The lowest BCUT2D eigenvalue weighted by Crippen LogP contribution is -2.55. The second kappa shape index (κ2) is 7.31. The smallest absolute Gasteiger partial charge is 0.127 e. The summed E-state index contributed by atoms with van der Waals surface area (Å²) in [6.45, 7) is -0.510. The van der Waals surface area contributed by atoms with Crippen LogP contribution in [0.4, 0.5) is 0 Å². The molecule has 0 aliphatic carbocycles. The molecule has 0 spiro atoms. The summed E-state index contributed by atoms with van der Waals surface area (Å²) in [7, 11) is 0. The molecule has 0 bridgehead atoms. The SMILES string of the molecule is N=C(N)[C@@H](N)Cc1c([C@H]2O[C@H](CO)[C@@H](O)[C@H](O)[C@@H]2O)[nH]c2ccccc12. The zero-order valence-electron chi connectivity index (χ0n) is 14.0. The van der Waals surface area contributed by atoms with Crippen LogP contribution in [0.2, 0.25) is 0 Å². The van der Waals surface area contributed by atoms with Crippen molar-refractivity contribution in [2.75, 3.05) is 6.61 Å². The van der Waals surface area contributed by atoms with Crippen LogP contribution in [0.5, 0.6) is 0 Å². The number of aliphatic hydroxyl groups excluding tert-OH is 4. The lowest BCUT2D eigenvalue weighted by atomic mass is 9.90. The minimum atomic E-state index is -1.48. The predicted molar refractivity (Wildman–Crippen MR) is 94.6 cm³/mol. The van der Waals surface area contributed by atoms with E-state index in [1.807, 2.05) is 24.3 Å². The summed E-state index contributed by atoms with van der Waals surface area (Å²) < 4.78 is 5.66. The van der Waals surface area contributed by atoms with Gasteiger partial charge in [-0.1, -0.05) is 18.2 Å². The van der Waals surface area contributed by atoms with Crippen LogP contribution >= 0.6 is 0 Å². The highest BCUT2D eigenvalue weighted by atomic mass is 16.5. The quantitative estimate of drug-likeness (QED) is 0.234. The number of nitrogens with one attached hydrogen (secondary N) is 2. The molecule has 2 aromatic rings. The first-order valence-electron chi connectivity index (χ1n) is 8.34. The molecule has 0 saturated carbocycles. The third-order valence-corrected chi connectivity index (χ3v) is 4.85.